The van der Waals surface area contributed by atoms with Crippen LogP contribution >= 0.6 is 39.1 Å². The van der Waals surface area contributed by atoms with E-state index in [1.807, 2.05) is 0 Å². The van der Waals surface area contributed by atoms with Crippen molar-refractivity contribution in [1.29, 1.82) is 0 Å². The molecular formula is C19H14BrCl2NO6. The quantitative estimate of drug-likeness (QED) is 0.582. The van der Waals surface area contributed by atoms with Gasteiger partial charge in [0.05, 0.1) is 35.5 Å². The number of anilines is 1. The van der Waals surface area contributed by atoms with Crippen molar-refractivity contribution in [2.45, 2.75) is 12.1 Å². The number of rotatable bonds is 4. The maximum atomic E-state index is 13.5. The van der Waals surface area contributed by atoms with Gasteiger partial charge >= 0.3 is 11.9 Å². The van der Waals surface area contributed by atoms with Crippen molar-refractivity contribution in [2.75, 3.05) is 19.1 Å². The number of halogens is 3. The molecule has 3 rings (SSSR count). The number of hydrogen-bond donors (Lipinski definition) is 0. The summed E-state index contributed by atoms with van der Waals surface area (Å²) in [5.74, 6) is -2.23. The minimum atomic E-state index is -2.14. The summed E-state index contributed by atoms with van der Waals surface area (Å²) in [5, 5.41) is 0.398. The first-order chi connectivity index (χ1) is 13.7. The summed E-state index contributed by atoms with van der Waals surface area (Å²) in [6.07, 6.45) is -0.613. The Balaban J connectivity index is 2.29. The third-order valence-corrected chi connectivity index (χ3v) is 5.52. The maximum Gasteiger partial charge on any atom is 0.373 e. The average molecular weight is 503 g/mol. The van der Waals surface area contributed by atoms with Gasteiger partial charge in [0.25, 0.3) is 11.6 Å². The molecule has 0 saturated heterocycles. The summed E-state index contributed by atoms with van der Waals surface area (Å²) < 4.78 is 16.2. The van der Waals surface area contributed by atoms with Gasteiger partial charge in [0.2, 0.25) is 0 Å². The second-order valence-corrected chi connectivity index (χ2v) is 7.74. The smallest absolute Gasteiger partial charge is 0.373 e. The van der Waals surface area contributed by atoms with Crippen LogP contribution in [0.25, 0.3) is 0 Å². The van der Waals surface area contributed by atoms with Gasteiger partial charge in [-0.2, -0.15) is 0 Å². The lowest BCUT2D eigenvalue weighted by Crippen LogP contribution is -2.65. The molecule has 1 aliphatic heterocycles. The first-order valence-electron chi connectivity index (χ1n) is 8.17. The Labute approximate surface area is 184 Å². The predicted octanol–water partition coefficient (Wildman–Crippen LogP) is 4.23. The molecular weight excluding hydrogens is 489 g/mol. The Hall–Kier alpha value is -2.29. The Morgan fingerprint density at radius 2 is 1.83 bits per heavy atom. The summed E-state index contributed by atoms with van der Waals surface area (Å²) in [6.45, 7) is 0. The Morgan fingerprint density at radius 3 is 2.45 bits per heavy atom. The van der Waals surface area contributed by atoms with E-state index in [9.17, 15) is 14.4 Å². The van der Waals surface area contributed by atoms with Gasteiger partial charge in [0.1, 0.15) is 12.2 Å². The fourth-order valence-electron chi connectivity index (χ4n) is 2.97. The van der Waals surface area contributed by atoms with Crippen molar-refractivity contribution in [2.24, 2.45) is 0 Å². The summed E-state index contributed by atoms with van der Waals surface area (Å²) in [7, 11) is 2.28. The number of nitrogens with zero attached hydrogens (tertiary/aromatic N) is 1. The molecule has 0 saturated carbocycles. The highest BCUT2D eigenvalue weighted by Gasteiger charge is 2.56. The van der Waals surface area contributed by atoms with E-state index in [0.717, 1.165) is 19.1 Å². The third-order valence-electron chi connectivity index (χ3n) is 4.29. The number of carbonyl (C=O) groups excluding carboxylic acids is 3. The van der Waals surface area contributed by atoms with Gasteiger partial charge in [-0.25, -0.2) is 4.79 Å². The van der Waals surface area contributed by atoms with Crippen molar-refractivity contribution in [3.63, 3.8) is 0 Å². The van der Waals surface area contributed by atoms with Crippen LogP contribution < -0.4 is 9.64 Å². The van der Waals surface area contributed by atoms with Crippen LogP contribution in [0.1, 0.15) is 16.8 Å². The lowest BCUT2D eigenvalue weighted by molar-refractivity contribution is -0.166. The van der Waals surface area contributed by atoms with E-state index >= 15 is 0 Å². The lowest BCUT2D eigenvalue weighted by atomic mass is 9.99. The van der Waals surface area contributed by atoms with Gasteiger partial charge in [-0.3, -0.25) is 14.5 Å². The molecule has 7 nitrogen and oxygen atoms in total. The van der Waals surface area contributed by atoms with E-state index < -0.39 is 30.0 Å². The fraction of sp³-hybridized carbons (Fsp3) is 0.211. The highest BCUT2D eigenvalue weighted by atomic mass is 79.9. The molecule has 152 valence electrons. The number of ether oxygens (including phenoxy) is 3. The molecule has 29 heavy (non-hydrogen) atoms. The molecule has 0 aromatic heterocycles. The monoisotopic (exact) mass is 501 g/mol. The van der Waals surface area contributed by atoms with E-state index in [1.165, 1.54) is 24.3 Å². The van der Waals surface area contributed by atoms with Gasteiger partial charge in [-0.1, -0.05) is 39.1 Å². The maximum absolute atomic E-state index is 13.5. The first-order valence-corrected chi connectivity index (χ1v) is 9.72. The normalized spacial score (nSPS) is 18.0. The van der Waals surface area contributed by atoms with Crippen molar-refractivity contribution >= 4 is 62.7 Å². The summed E-state index contributed by atoms with van der Waals surface area (Å²) in [4.78, 5) is 39.5. The molecule has 0 fully saturated rings. The van der Waals surface area contributed by atoms with Crippen LogP contribution in [0.15, 0.2) is 40.9 Å². The second kappa shape index (κ2) is 8.22. The molecule has 1 amide bonds. The SMILES string of the molecule is COC(=O)CC1(C(=O)OC)Oc2ccc(Br)cc2C(=O)N1c1ccc(Cl)c(Cl)c1. The number of hydrogen-bond acceptors (Lipinski definition) is 6. The van der Waals surface area contributed by atoms with Crippen LogP contribution in [0.2, 0.25) is 10.0 Å². The zero-order valence-corrected chi connectivity index (χ0v) is 18.3. The van der Waals surface area contributed by atoms with Crippen LogP contribution in [-0.2, 0) is 19.1 Å². The summed E-state index contributed by atoms with van der Waals surface area (Å²) in [6, 6.07) is 9.03. The number of benzene rings is 2. The Kier molecular flexibility index (Phi) is 6.07. The number of amides is 1. The average Bonchev–Trinajstić information content (AvgIpc) is 2.70. The summed E-state index contributed by atoms with van der Waals surface area (Å²) in [5.41, 5.74) is -1.78. The molecule has 1 heterocycles. The van der Waals surface area contributed by atoms with E-state index in [2.05, 4.69) is 15.9 Å². The van der Waals surface area contributed by atoms with E-state index in [1.54, 1.807) is 12.1 Å². The van der Waals surface area contributed by atoms with E-state index in [0.29, 0.717) is 4.47 Å². The molecule has 0 spiro atoms. The molecule has 0 bridgehead atoms. The largest absolute Gasteiger partial charge is 0.469 e. The number of esters is 2. The van der Waals surface area contributed by atoms with E-state index in [-0.39, 0.29) is 27.0 Å². The first kappa shape index (κ1) is 21.4. The molecule has 2 aromatic rings. The highest BCUT2D eigenvalue weighted by Crippen LogP contribution is 2.42. The van der Waals surface area contributed by atoms with Crippen molar-refractivity contribution < 1.29 is 28.6 Å². The van der Waals surface area contributed by atoms with Gasteiger partial charge < -0.3 is 14.2 Å². The van der Waals surface area contributed by atoms with Gasteiger partial charge in [-0.05, 0) is 36.4 Å². The predicted molar refractivity (Wildman–Crippen MR) is 109 cm³/mol. The Morgan fingerprint density at radius 1 is 1.10 bits per heavy atom. The number of fused-ring (bicyclic) bond motifs is 1. The molecule has 1 unspecified atom stereocenters. The van der Waals surface area contributed by atoms with Crippen LogP contribution in [-0.4, -0.2) is 37.8 Å². The van der Waals surface area contributed by atoms with Crippen molar-refractivity contribution in [3.8, 4) is 5.75 Å². The molecule has 1 aliphatic rings. The molecule has 10 heteroatoms. The highest BCUT2D eigenvalue weighted by molar-refractivity contribution is 9.10. The van der Waals surface area contributed by atoms with Crippen LogP contribution in [0.3, 0.4) is 0 Å². The van der Waals surface area contributed by atoms with Crippen LogP contribution in [0, 0.1) is 0 Å². The molecule has 0 aliphatic carbocycles. The lowest BCUT2D eigenvalue weighted by Gasteiger charge is -2.44. The van der Waals surface area contributed by atoms with Crippen LogP contribution in [0.4, 0.5) is 5.69 Å². The zero-order valence-electron chi connectivity index (χ0n) is 15.2. The summed E-state index contributed by atoms with van der Waals surface area (Å²) >= 11 is 15.4. The number of carbonyl (C=O) groups is 3. The minimum absolute atomic E-state index is 0.115. The second-order valence-electron chi connectivity index (χ2n) is 6.01. The molecule has 0 N–H and O–H groups in total. The molecule has 0 radical (unpaired) electrons. The zero-order chi connectivity index (χ0) is 21.3. The topological polar surface area (TPSA) is 82.1 Å². The van der Waals surface area contributed by atoms with Crippen molar-refractivity contribution in [3.05, 3.63) is 56.5 Å². The van der Waals surface area contributed by atoms with E-state index in [4.69, 9.17) is 37.4 Å². The fourth-order valence-corrected chi connectivity index (χ4v) is 3.62. The van der Waals surface area contributed by atoms with Gasteiger partial charge in [-0.15, -0.1) is 0 Å². The third kappa shape index (κ3) is 3.80. The van der Waals surface area contributed by atoms with Crippen molar-refractivity contribution in [1.82, 2.24) is 0 Å². The minimum Gasteiger partial charge on any atom is -0.469 e. The molecule has 1 atom stereocenters. The van der Waals surface area contributed by atoms with Gasteiger partial charge in [0, 0.05) is 4.47 Å². The van der Waals surface area contributed by atoms with Crippen LogP contribution in [0.5, 0.6) is 5.75 Å². The Bertz CT molecular complexity index is 1010. The molecule has 2 aromatic carbocycles. The standard InChI is InChI=1S/C19H14BrCl2NO6/c1-27-16(24)9-19(18(26)28-2)23(11-4-5-13(21)14(22)8-11)17(25)12-7-10(20)3-6-15(12)29-19/h3-8H,9H2,1-2H3. The van der Waals surface area contributed by atoms with Gasteiger partial charge in [0.15, 0.2) is 0 Å². The number of methoxy groups -OCH3 is 2.